The summed E-state index contributed by atoms with van der Waals surface area (Å²) >= 11 is 2.11. The molecule has 4 heteroatoms. The second-order valence-corrected chi connectivity index (χ2v) is 5.24. The van der Waals surface area contributed by atoms with Crippen molar-refractivity contribution >= 4 is 36.7 Å². The number of unbranched alkanes of at least 4 members (excludes halogenated alkanes) is 2. The third-order valence-corrected chi connectivity index (χ3v) is 3.51. The van der Waals surface area contributed by atoms with E-state index in [2.05, 4.69) is 33.0 Å². The van der Waals surface area contributed by atoms with Crippen molar-refractivity contribution in [3.8, 4) is 11.8 Å². The molecule has 0 aromatic heterocycles. The minimum Gasteiger partial charge on any atom is -0.305 e. The Labute approximate surface area is 125 Å². The first-order valence-corrected chi connectivity index (χ1v) is 9.02. The molecule has 2 nitrogen and oxygen atoms in total. The van der Waals surface area contributed by atoms with Gasteiger partial charge in [0.25, 0.3) is 0 Å². The van der Waals surface area contributed by atoms with Gasteiger partial charge in [-0.25, -0.2) is 0 Å². The Morgan fingerprint density at radius 3 is 3.00 bits per heavy atom. The Hall–Kier alpha value is -0.510. The van der Waals surface area contributed by atoms with E-state index in [1.165, 1.54) is 9.21 Å². The SMILES string of the molecule is Cc1cccc(C#CCCCCOSI)c1C=O. The highest BCUT2D eigenvalue weighted by molar-refractivity contribution is 14.2. The Bertz CT molecular complexity index is 449. The summed E-state index contributed by atoms with van der Waals surface area (Å²) in [6.07, 6.45) is 3.75. The molecule has 18 heavy (non-hydrogen) atoms. The predicted octanol–water partition coefficient (Wildman–Crippen LogP) is 4.34. The summed E-state index contributed by atoms with van der Waals surface area (Å²) in [6.45, 7) is 2.69. The van der Waals surface area contributed by atoms with Crippen molar-refractivity contribution in [2.75, 3.05) is 6.61 Å². The molecule has 0 N–H and O–H groups in total. The van der Waals surface area contributed by atoms with E-state index in [0.717, 1.165) is 43.3 Å². The largest absolute Gasteiger partial charge is 0.305 e. The van der Waals surface area contributed by atoms with E-state index in [-0.39, 0.29) is 0 Å². The third-order valence-electron chi connectivity index (χ3n) is 2.49. The molecule has 0 atom stereocenters. The molecule has 96 valence electrons. The van der Waals surface area contributed by atoms with Gasteiger partial charge in [-0.3, -0.25) is 4.79 Å². The monoisotopic (exact) mass is 374 g/mol. The van der Waals surface area contributed by atoms with Crippen LogP contribution in [0.5, 0.6) is 0 Å². The average Bonchev–Trinajstić information content (AvgIpc) is 2.38. The van der Waals surface area contributed by atoms with Crippen LogP contribution >= 0.6 is 30.4 Å². The molecule has 0 saturated carbocycles. The van der Waals surface area contributed by atoms with Gasteiger partial charge in [0.1, 0.15) is 0 Å². The molecule has 0 radical (unpaired) electrons. The van der Waals surface area contributed by atoms with Gasteiger partial charge >= 0.3 is 0 Å². The summed E-state index contributed by atoms with van der Waals surface area (Å²) in [6, 6.07) is 5.74. The molecule has 0 bridgehead atoms. The van der Waals surface area contributed by atoms with E-state index in [9.17, 15) is 4.79 Å². The highest BCUT2D eigenvalue weighted by Gasteiger charge is 2.00. The van der Waals surface area contributed by atoms with Gasteiger partial charge in [0.05, 0.1) is 15.8 Å². The minimum atomic E-state index is 0.703. The molecule has 0 heterocycles. The van der Waals surface area contributed by atoms with Crippen molar-refractivity contribution in [3.63, 3.8) is 0 Å². The highest BCUT2D eigenvalue weighted by Crippen LogP contribution is 2.13. The van der Waals surface area contributed by atoms with Crippen LogP contribution in [0.25, 0.3) is 0 Å². The van der Waals surface area contributed by atoms with E-state index in [0.29, 0.717) is 5.56 Å². The maximum atomic E-state index is 11.0. The van der Waals surface area contributed by atoms with Gasteiger partial charge < -0.3 is 4.18 Å². The zero-order valence-corrected chi connectivity index (χ0v) is 13.2. The predicted molar refractivity (Wildman–Crippen MR) is 84.9 cm³/mol. The van der Waals surface area contributed by atoms with Crippen LogP contribution in [0.4, 0.5) is 0 Å². The molecule has 0 aliphatic carbocycles. The minimum absolute atomic E-state index is 0.703. The van der Waals surface area contributed by atoms with E-state index < -0.39 is 0 Å². The van der Waals surface area contributed by atoms with Crippen LogP contribution in [0, 0.1) is 18.8 Å². The van der Waals surface area contributed by atoms with E-state index in [4.69, 9.17) is 4.18 Å². The van der Waals surface area contributed by atoms with Crippen LogP contribution in [0.2, 0.25) is 0 Å². The van der Waals surface area contributed by atoms with Crippen LogP contribution in [0.3, 0.4) is 0 Å². The van der Waals surface area contributed by atoms with Gasteiger partial charge in [0.2, 0.25) is 0 Å². The summed E-state index contributed by atoms with van der Waals surface area (Å²) in [5, 5.41) is 0. The second kappa shape index (κ2) is 9.42. The molecule has 0 fully saturated rings. The Morgan fingerprint density at radius 2 is 2.28 bits per heavy atom. The number of hydrogen-bond donors (Lipinski definition) is 0. The lowest BCUT2D eigenvalue weighted by Crippen LogP contribution is -1.91. The topological polar surface area (TPSA) is 26.3 Å². The number of aldehydes is 1. The maximum absolute atomic E-state index is 11.0. The van der Waals surface area contributed by atoms with Gasteiger partial charge in [0.15, 0.2) is 6.29 Å². The fourth-order valence-corrected chi connectivity index (χ4v) is 2.23. The third kappa shape index (κ3) is 5.42. The van der Waals surface area contributed by atoms with Crippen molar-refractivity contribution in [1.82, 2.24) is 0 Å². The van der Waals surface area contributed by atoms with Crippen LogP contribution in [0.1, 0.15) is 40.7 Å². The van der Waals surface area contributed by atoms with Crippen molar-refractivity contribution in [3.05, 3.63) is 34.9 Å². The lowest BCUT2D eigenvalue weighted by atomic mass is 10.0. The quantitative estimate of drug-likeness (QED) is 0.244. The lowest BCUT2D eigenvalue weighted by Gasteiger charge is -2.00. The number of carbonyl (C=O) groups excluding carboxylic acids is 1. The summed E-state index contributed by atoms with van der Waals surface area (Å²) in [5.41, 5.74) is 2.50. The molecule has 0 spiro atoms. The smallest absolute Gasteiger partial charge is 0.151 e. The van der Waals surface area contributed by atoms with Gasteiger partial charge in [-0.05, 0) is 31.4 Å². The molecular formula is C14H15IO2S. The first-order valence-electron chi connectivity index (χ1n) is 5.73. The first kappa shape index (κ1) is 15.5. The Balaban J connectivity index is 2.48. The van der Waals surface area contributed by atoms with Gasteiger partial charge in [-0.15, -0.1) is 0 Å². The van der Waals surface area contributed by atoms with Crippen LogP contribution in [0.15, 0.2) is 18.2 Å². The average molecular weight is 374 g/mol. The number of benzene rings is 1. The number of halogens is 1. The zero-order valence-electron chi connectivity index (χ0n) is 10.2. The lowest BCUT2D eigenvalue weighted by molar-refractivity contribution is 0.112. The molecular weight excluding hydrogens is 359 g/mol. The van der Waals surface area contributed by atoms with Crippen LogP contribution < -0.4 is 0 Å². The summed E-state index contributed by atoms with van der Waals surface area (Å²) in [7, 11) is 1.36. The van der Waals surface area contributed by atoms with E-state index in [1.807, 2.05) is 25.1 Å². The molecule has 0 aliphatic heterocycles. The molecule has 1 rings (SSSR count). The molecule has 0 amide bonds. The molecule has 0 saturated heterocycles. The molecule has 0 unspecified atom stereocenters. The number of aryl methyl sites for hydroxylation is 1. The van der Waals surface area contributed by atoms with Crippen molar-refractivity contribution < 1.29 is 8.98 Å². The van der Waals surface area contributed by atoms with Crippen LogP contribution in [-0.4, -0.2) is 12.9 Å². The normalized spacial score (nSPS) is 9.67. The van der Waals surface area contributed by atoms with Crippen molar-refractivity contribution in [1.29, 1.82) is 0 Å². The second-order valence-electron chi connectivity index (χ2n) is 3.80. The molecule has 0 aliphatic rings. The molecule has 1 aromatic carbocycles. The van der Waals surface area contributed by atoms with E-state index >= 15 is 0 Å². The number of hydrogen-bond acceptors (Lipinski definition) is 3. The first-order chi connectivity index (χ1) is 8.79. The van der Waals surface area contributed by atoms with Gasteiger partial charge in [-0.2, -0.15) is 0 Å². The van der Waals surface area contributed by atoms with Crippen LogP contribution in [-0.2, 0) is 4.18 Å². The van der Waals surface area contributed by atoms with E-state index in [1.54, 1.807) is 0 Å². The fourth-order valence-electron chi connectivity index (χ4n) is 1.51. The zero-order chi connectivity index (χ0) is 13.2. The Morgan fingerprint density at radius 1 is 1.44 bits per heavy atom. The molecule has 1 aromatic rings. The summed E-state index contributed by atoms with van der Waals surface area (Å²) < 4.78 is 5.16. The van der Waals surface area contributed by atoms with Crippen molar-refractivity contribution in [2.45, 2.75) is 26.2 Å². The number of rotatable bonds is 6. The highest BCUT2D eigenvalue weighted by atomic mass is 127. The van der Waals surface area contributed by atoms with Gasteiger partial charge in [-0.1, -0.05) is 24.0 Å². The summed E-state index contributed by atoms with van der Waals surface area (Å²) in [4.78, 5) is 11.0. The van der Waals surface area contributed by atoms with Crippen molar-refractivity contribution in [2.24, 2.45) is 0 Å². The van der Waals surface area contributed by atoms with Gasteiger partial charge in [0, 0.05) is 38.8 Å². The fraction of sp³-hybridized carbons (Fsp3) is 0.357. The standard InChI is InChI=1S/C14H15IO2S/c1-12-7-6-9-13(14(12)11-16)8-4-2-3-5-10-17-18-15/h6-7,9,11H,2-3,5,10H2,1H3. The summed E-state index contributed by atoms with van der Waals surface area (Å²) in [5.74, 6) is 6.17. The Kier molecular flexibility index (Phi) is 8.14. The number of carbonyl (C=O) groups is 1. The maximum Gasteiger partial charge on any atom is 0.151 e.